The average molecular weight is 381 g/mol. The number of nitrogens with one attached hydrogen (secondary N) is 1. The summed E-state index contributed by atoms with van der Waals surface area (Å²) in [5.41, 5.74) is 0.979. The molecule has 1 N–H and O–H groups in total. The van der Waals surface area contributed by atoms with Crippen LogP contribution in [0.25, 0.3) is 11.4 Å². The second-order valence-electron chi connectivity index (χ2n) is 5.90. The van der Waals surface area contributed by atoms with E-state index in [1.807, 2.05) is 31.2 Å². The fourth-order valence-corrected chi connectivity index (χ4v) is 3.56. The maximum absolute atomic E-state index is 11.8. The Hall–Kier alpha value is -1.53. The Bertz CT molecular complexity index is 687. The van der Waals surface area contributed by atoms with Gasteiger partial charge in [-0.25, -0.2) is 0 Å². The summed E-state index contributed by atoms with van der Waals surface area (Å²) in [4.78, 5) is 11.8. The van der Waals surface area contributed by atoms with Crippen molar-refractivity contribution >= 4 is 29.3 Å². The van der Waals surface area contributed by atoms with Gasteiger partial charge >= 0.3 is 0 Å². The predicted molar refractivity (Wildman–Crippen MR) is 104 cm³/mol. The minimum atomic E-state index is -0.221. The van der Waals surface area contributed by atoms with Gasteiger partial charge in [0.05, 0.1) is 5.25 Å². The number of hydrogen-bond acceptors (Lipinski definition) is 4. The zero-order valence-corrected chi connectivity index (χ0v) is 16.5. The average Bonchev–Trinajstić information content (AvgIpc) is 3.01. The highest BCUT2D eigenvalue weighted by Gasteiger charge is 2.20. The van der Waals surface area contributed by atoms with Crippen molar-refractivity contribution in [1.29, 1.82) is 0 Å². The normalized spacial score (nSPS) is 12.2. The summed E-state index contributed by atoms with van der Waals surface area (Å²) in [6, 6.07) is 7.61. The zero-order valence-electron chi connectivity index (χ0n) is 15.0. The van der Waals surface area contributed by atoms with E-state index in [1.165, 1.54) is 31.0 Å². The molecule has 5 nitrogen and oxygen atoms in total. The quantitative estimate of drug-likeness (QED) is 0.517. The van der Waals surface area contributed by atoms with Crippen LogP contribution in [0.15, 0.2) is 29.4 Å². The summed E-state index contributed by atoms with van der Waals surface area (Å²) in [6.45, 7) is 4.92. The maximum atomic E-state index is 11.8. The lowest BCUT2D eigenvalue weighted by Gasteiger charge is -2.13. The molecule has 1 unspecified atom stereocenters. The topological polar surface area (TPSA) is 59.8 Å². The Morgan fingerprint density at radius 1 is 1.24 bits per heavy atom. The van der Waals surface area contributed by atoms with E-state index in [9.17, 15) is 4.79 Å². The molecule has 1 aromatic heterocycles. The molecule has 0 aliphatic carbocycles. The van der Waals surface area contributed by atoms with Crippen LogP contribution in [-0.2, 0) is 11.3 Å². The van der Waals surface area contributed by atoms with E-state index in [0.717, 1.165) is 29.5 Å². The van der Waals surface area contributed by atoms with Gasteiger partial charge in [0.1, 0.15) is 0 Å². The minimum Gasteiger partial charge on any atom is -0.358 e. The van der Waals surface area contributed by atoms with Gasteiger partial charge in [0, 0.05) is 24.2 Å². The summed E-state index contributed by atoms with van der Waals surface area (Å²) in [7, 11) is 1.65. The number of thioether (sulfide) groups is 1. The van der Waals surface area contributed by atoms with Gasteiger partial charge in [-0.1, -0.05) is 49.5 Å². The number of rotatable bonds is 9. The van der Waals surface area contributed by atoms with Crippen molar-refractivity contribution < 1.29 is 4.79 Å². The SMILES string of the molecule is CCCCCCn1c(SC(C)C(=O)NC)nnc1-c1ccc(Cl)cc1. The molecular weight excluding hydrogens is 356 g/mol. The van der Waals surface area contributed by atoms with Gasteiger partial charge in [-0.05, 0) is 37.6 Å². The zero-order chi connectivity index (χ0) is 18.2. The van der Waals surface area contributed by atoms with E-state index in [0.29, 0.717) is 5.02 Å². The number of halogens is 1. The molecule has 136 valence electrons. The molecule has 25 heavy (non-hydrogen) atoms. The van der Waals surface area contributed by atoms with Crippen molar-refractivity contribution in [1.82, 2.24) is 20.1 Å². The summed E-state index contributed by atoms with van der Waals surface area (Å²) in [5, 5.41) is 12.6. The highest BCUT2D eigenvalue weighted by atomic mass is 35.5. The van der Waals surface area contributed by atoms with Crippen molar-refractivity contribution in [3.8, 4) is 11.4 Å². The number of hydrogen-bond donors (Lipinski definition) is 1. The standard InChI is InChI=1S/C18H25ClN4OS/c1-4-5-6-7-12-23-16(14-8-10-15(19)11-9-14)21-22-18(23)25-13(2)17(24)20-3/h8-11,13H,4-7,12H2,1-3H3,(H,20,24). The van der Waals surface area contributed by atoms with E-state index in [4.69, 9.17) is 11.6 Å². The first-order valence-electron chi connectivity index (χ1n) is 8.64. The van der Waals surface area contributed by atoms with Gasteiger partial charge in [0.2, 0.25) is 5.91 Å². The van der Waals surface area contributed by atoms with Gasteiger partial charge in [-0.2, -0.15) is 0 Å². The lowest BCUT2D eigenvalue weighted by molar-refractivity contribution is -0.119. The molecule has 0 bridgehead atoms. The van der Waals surface area contributed by atoms with E-state index in [1.54, 1.807) is 7.05 Å². The molecule has 1 atom stereocenters. The fourth-order valence-electron chi connectivity index (χ4n) is 2.50. The number of aromatic nitrogens is 3. The molecule has 0 aliphatic heterocycles. The van der Waals surface area contributed by atoms with Gasteiger partial charge in [-0.3, -0.25) is 4.79 Å². The van der Waals surface area contributed by atoms with Crippen molar-refractivity contribution in [2.75, 3.05) is 7.05 Å². The number of amides is 1. The van der Waals surface area contributed by atoms with E-state index >= 15 is 0 Å². The Labute approximate surface area is 158 Å². The summed E-state index contributed by atoms with van der Waals surface area (Å²) < 4.78 is 2.11. The maximum Gasteiger partial charge on any atom is 0.233 e. The summed E-state index contributed by atoms with van der Waals surface area (Å²) in [5.74, 6) is 0.804. The number of benzene rings is 1. The largest absolute Gasteiger partial charge is 0.358 e. The van der Waals surface area contributed by atoms with Gasteiger partial charge in [0.15, 0.2) is 11.0 Å². The first-order chi connectivity index (χ1) is 12.1. The van der Waals surface area contributed by atoms with E-state index in [2.05, 4.69) is 27.0 Å². The molecule has 1 aromatic carbocycles. The molecule has 0 radical (unpaired) electrons. The minimum absolute atomic E-state index is 0.0152. The van der Waals surface area contributed by atoms with Crippen LogP contribution in [0.3, 0.4) is 0 Å². The van der Waals surface area contributed by atoms with Gasteiger partial charge in [0.25, 0.3) is 0 Å². The van der Waals surface area contributed by atoms with Crippen molar-refractivity contribution in [3.05, 3.63) is 29.3 Å². The second kappa shape index (κ2) is 9.82. The molecule has 0 fully saturated rings. The van der Waals surface area contributed by atoms with Crippen LogP contribution < -0.4 is 5.32 Å². The number of carbonyl (C=O) groups excluding carboxylic acids is 1. The third-order valence-corrected chi connectivity index (χ3v) is 5.28. The molecule has 1 amide bonds. The lowest BCUT2D eigenvalue weighted by Crippen LogP contribution is -2.27. The smallest absolute Gasteiger partial charge is 0.233 e. The summed E-state index contributed by atoms with van der Waals surface area (Å²) >= 11 is 7.43. The molecule has 0 spiro atoms. The second-order valence-corrected chi connectivity index (χ2v) is 7.64. The van der Waals surface area contributed by atoms with Gasteiger partial charge in [-0.15, -0.1) is 10.2 Å². The van der Waals surface area contributed by atoms with Crippen molar-refractivity contribution in [2.45, 2.75) is 56.5 Å². The Balaban J connectivity index is 2.25. The monoisotopic (exact) mass is 380 g/mol. The molecule has 0 saturated heterocycles. The number of unbranched alkanes of at least 4 members (excludes halogenated alkanes) is 3. The highest BCUT2D eigenvalue weighted by Crippen LogP contribution is 2.28. The number of carbonyl (C=O) groups is 1. The molecule has 1 heterocycles. The lowest BCUT2D eigenvalue weighted by atomic mass is 10.2. The van der Waals surface area contributed by atoms with Crippen LogP contribution in [0.5, 0.6) is 0 Å². The molecule has 2 aromatic rings. The first kappa shape index (κ1) is 19.8. The van der Waals surface area contributed by atoms with Crippen LogP contribution >= 0.6 is 23.4 Å². The third kappa shape index (κ3) is 5.47. The molecule has 7 heteroatoms. The Morgan fingerprint density at radius 2 is 1.96 bits per heavy atom. The molecule has 0 aliphatic rings. The van der Waals surface area contributed by atoms with Crippen LogP contribution in [0, 0.1) is 0 Å². The van der Waals surface area contributed by atoms with Crippen LogP contribution in [-0.4, -0.2) is 33.0 Å². The van der Waals surface area contributed by atoms with Gasteiger partial charge < -0.3 is 9.88 Å². The fraction of sp³-hybridized carbons (Fsp3) is 0.500. The number of nitrogens with zero attached hydrogens (tertiary/aromatic N) is 3. The van der Waals surface area contributed by atoms with E-state index < -0.39 is 0 Å². The highest BCUT2D eigenvalue weighted by molar-refractivity contribution is 8.00. The van der Waals surface area contributed by atoms with Crippen LogP contribution in [0.4, 0.5) is 0 Å². The van der Waals surface area contributed by atoms with E-state index in [-0.39, 0.29) is 11.2 Å². The van der Waals surface area contributed by atoms with Crippen LogP contribution in [0.1, 0.15) is 39.5 Å². The molecule has 0 saturated carbocycles. The van der Waals surface area contributed by atoms with Crippen LogP contribution in [0.2, 0.25) is 5.02 Å². The van der Waals surface area contributed by atoms with Crippen molar-refractivity contribution in [3.63, 3.8) is 0 Å². The summed E-state index contributed by atoms with van der Waals surface area (Å²) in [6.07, 6.45) is 4.65. The Kier molecular flexibility index (Phi) is 7.78. The van der Waals surface area contributed by atoms with Crippen molar-refractivity contribution in [2.24, 2.45) is 0 Å². The Morgan fingerprint density at radius 3 is 2.60 bits per heavy atom. The first-order valence-corrected chi connectivity index (χ1v) is 9.90. The predicted octanol–water partition coefficient (Wildman–Crippen LogP) is 4.41. The molecule has 2 rings (SSSR count). The molecular formula is C18H25ClN4OS. The third-order valence-electron chi connectivity index (χ3n) is 3.95.